The second-order valence-electron chi connectivity index (χ2n) is 3.57. The molecule has 2 rings (SSSR count). The van der Waals surface area contributed by atoms with E-state index in [0.717, 1.165) is 0 Å². The summed E-state index contributed by atoms with van der Waals surface area (Å²) in [5, 5.41) is 12.8. The van der Waals surface area contributed by atoms with Crippen LogP contribution in [0, 0.1) is 5.82 Å². The lowest BCUT2D eigenvalue weighted by atomic mass is 10.2. The Morgan fingerprint density at radius 2 is 2.28 bits per heavy atom. The normalized spacial score (nSPS) is 10.6. The van der Waals surface area contributed by atoms with Gasteiger partial charge in [0.2, 0.25) is 0 Å². The van der Waals surface area contributed by atoms with Gasteiger partial charge in [0.15, 0.2) is 5.82 Å². The number of aliphatic carboxylic acids is 1. The zero-order chi connectivity index (χ0) is 13.1. The molecule has 1 heterocycles. The molecule has 0 amide bonds. The van der Waals surface area contributed by atoms with Crippen LogP contribution in [0.15, 0.2) is 24.5 Å². The number of carboxylic acid groups (broad SMARTS) is 1. The van der Waals surface area contributed by atoms with E-state index in [4.69, 9.17) is 16.7 Å². The van der Waals surface area contributed by atoms with Gasteiger partial charge >= 0.3 is 5.97 Å². The molecular formula is C11H9ClFN3O2. The van der Waals surface area contributed by atoms with Gasteiger partial charge in [0.05, 0.1) is 23.6 Å². The first-order valence-electron chi connectivity index (χ1n) is 5.13. The predicted octanol–water partition coefficient (Wildman–Crippen LogP) is 2.21. The van der Waals surface area contributed by atoms with Crippen molar-refractivity contribution in [2.45, 2.75) is 13.0 Å². The number of aromatic nitrogens is 3. The van der Waals surface area contributed by atoms with E-state index in [2.05, 4.69) is 10.1 Å². The van der Waals surface area contributed by atoms with Crippen molar-refractivity contribution in [2.24, 2.45) is 0 Å². The fourth-order valence-corrected chi connectivity index (χ4v) is 1.69. The number of aryl methyl sites for hydroxylation is 1. The Kier molecular flexibility index (Phi) is 3.57. The van der Waals surface area contributed by atoms with E-state index in [9.17, 15) is 9.18 Å². The molecule has 0 radical (unpaired) electrons. The van der Waals surface area contributed by atoms with E-state index in [1.165, 1.54) is 29.2 Å². The highest BCUT2D eigenvalue weighted by atomic mass is 35.5. The predicted molar refractivity (Wildman–Crippen MR) is 62.7 cm³/mol. The Labute approximate surface area is 107 Å². The minimum atomic E-state index is -0.934. The van der Waals surface area contributed by atoms with Gasteiger partial charge in [-0.2, -0.15) is 5.10 Å². The lowest BCUT2D eigenvalue weighted by Crippen LogP contribution is -2.05. The highest BCUT2D eigenvalue weighted by Crippen LogP contribution is 2.27. The summed E-state index contributed by atoms with van der Waals surface area (Å²) in [6.45, 7) is 0.175. The highest BCUT2D eigenvalue weighted by Gasteiger charge is 2.14. The molecular weight excluding hydrogens is 261 g/mol. The monoisotopic (exact) mass is 269 g/mol. The Hall–Kier alpha value is -1.95. The maximum Gasteiger partial charge on any atom is 0.305 e. The molecule has 0 unspecified atom stereocenters. The number of carboxylic acids is 1. The summed E-state index contributed by atoms with van der Waals surface area (Å²) in [4.78, 5) is 14.3. The van der Waals surface area contributed by atoms with E-state index in [1.54, 1.807) is 0 Å². The maximum atomic E-state index is 13.6. The van der Waals surface area contributed by atoms with Crippen molar-refractivity contribution in [3.63, 3.8) is 0 Å². The molecule has 0 bridgehead atoms. The van der Waals surface area contributed by atoms with Crippen LogP contribution in [0.2, 0.25) is 5.02 Å². The van der Waals surface area contributed by atoms with Crippen molar-refractivity contribution in [2.75, 3.05) is 0 Å². The minimum absolute atomic E-state index is 0.0756. The van der Waals surface area contributed by atoms with Crippen LogP contribution in [-0.2, 0) is 11.3 Å². The van der Waals surface area contributed by atoms with E-state index < -0.39 is 11.8 Å². The standard InChI is InChI=1S/C11H9ClFN3O2/c12-7-2-1-3-8(13)10(7)11-14-6-16(15-11)5-4-9(17)18/h1-3,6H,4-5H2,(H,17,18). The Bertz CT molecular complexity index is 565. The van der Waals surface area contributed by atoms with Gasteiger partial charge < -0.3 is 5.11 Å². The van der Waals surface area contributed by atoms with Gasteiger partial charge in [0.25, 0.3) is 0 Å². The molecule has 0 aliphatic heterocycles. The van der Waals surface area contributed by atoms with Crippen molar-refractivity contribution in [3.8, 4) is 11.4 Å². The van der Waals surface area contributed by atoms with Crippen LogP contribution in [0.3, 0.4) is 0 Å². The van der Waals surface area contributed by atoms with E-state index in [-0.39, 0.29) is 29.4 Å². The Balaban J connectivity index is 2.27. The van der Waals surface area contributed by atoms with Gasteiger partial charge in [-0.15, -0.1) is 0 Å². The first-order valence-corrected chi connectivity index (χ1v) is 5.51. The summed E-state index contributed by atoms with van der Waals surface area (Å²) in [5.41, 5.74) is 0.119. The van der Waals surface area contributed by atoms with Gasteiger partial charge in [-0.3, -0.25) is 9.48 Å². The van der Waals surface area contributed by atoms with E-state index in [1.807, 2.05) is 0 Å². The van der Waals surface area contributed by atoms with Crippen LogP contribution < -0.4 is 0 Å². The maximum absolute atomic E-state index is 13.6. The third-order valence-electron chi connectivity index (χ3n) is 2.28. The average molecular weight is 270 g/mol. The molecule has 0 atom stereocenters. The summed E-state index contributed by atoms with van der Waals surface area (Å²) in [6.07, 6.45) is 1.27. The quantitative estimate of drug-likeness (QED) is 0.924. The first kappa shape index (κ1) is 12.5. The second-order valence-corrected chi connectivity index (χ2v) is 3.98. The topological polar surface area (TPSA) is 68.0 Å². The van der Waals surface area contributed by atoms with Crippen LogP contribution in [0.5, 0.6) is 0 Å². The molecule has 0 saturated carbocycles. The molecule has 5 nitrogen and oxygen atoms in total. The lowest BCUT2D eigenvalue weighted by molar-refractivity contribution is -0.137. The van der Waals surface area contributed by atoms with Crippen molar-refractivity contribution >= 4 is 17.6 Å². The molecule has 18 heavy (non-hydrogen) atoms. The molecule has 7 heteroatoms. The summed E-state index contributed by atoms with van der Waals surface area (Å²) in [6, 6.07) is 4.29. The number of hydrogen-bond acceptors (Lipinski definition) is 3. The minimum Gasteiger partial charge on any atom is -0.481 e. The van der Waals surface area contributed by atoms with Crippen molar-refractivity contribution in [1.29, 1.82) is 0 Å². The number of halogens is 2. The lowest BCUT2D eigenvalue weighted by Gasteiger charge is -2.00. The van der Waals surface area contributed by atoms with Crippen LogP contribution in [0.1, 0.15) is 6.42 Å². The zero-order valence-electron chi connectivity index (χ0n) is 9.18. The largest absolute Gasteiger partial charge is 0.481 e. The van der Waals surface area contributed by atoms with E-state index in [0.29, 0.717) is 0 Å². The van der Waals surface area contributed by atoms with Crippen LogP contribution in [0.4, 0.5) is 4.39 Å². The molecule has 0 saturated heterocycles. The number of nitrogens with zero attached hydrogens (tertiary/aromatic N) is 3. The number of benzene rings is 1. The van der Waals surface area contributed by atoms with E-state index >= 15 is 0 Å². The second kappa shape index (κ2) is 5.14. The molecule has 0 spiro atoms. The molecule has 0 fully saturated rings. The number of hydrogen-bond donors (Lipinski definition) is 1. The number of carbonyl (C=O) groups is 1. The van der Waals surface area contributed by atoms with Crippen molar-refractivity contribution in [1.82, 2.24) is 14.8 Å². The van der Waals surface area contributed by atoms with Crippen LogP contribution >= 0.6 is 11.6 Å². The summed E-state index contributed by atoms with van der Waals surface area (Å²) >= 11 is 5.88. The smallest absolute Gasteiger partial charge is 0.305 e. The SMILES string of the molecule is O=C(O)CCn1cnc(-c2c(F)cccc2Cl)n1. The van der Waals surface area contributed by atoms with Gasteiger partial charge in [-0.25, -0.2) is 9.37 Å². The van der Waals surface area contributed by atoms with Crippen LogP contribution in [-0.4, -0.2) is 25.8 Å². The fraction of sp³-hybridized carbons (Fsp3) is 0.182. The Morgan fingerprint density at radius 1 is 1.50 bits per heavy atom. The molecule has 0 aliphatic rings. The van der Waals surface area contributed by atoms with Crippen LogP contribution in [0.25, 0.3) is 11.4 Å². The first-order chi connectivity index (χ1) is 8.58. The van der Waals surface area contributed by atoms with Gasteiger partial charge in [-0.1, -0.05) is 17.7 Å². The molecule has 1 N–H and O–H groups in total. The third kappa shape index (κ3) is 2.65. The summed E-state index contributed by atoms with van der Waals surface area (Å²) in [7, 11) is 0. The molecule has 0 aliphatic carbocycles. The molecule has 2 aromatic rings. The van der Waals surface area contributed by atoms with Crippen molar-refractivity contribution in [3.05, 3.63) is 35.4 Å². The molecule has 94 valence electrons. The van der Waals surface area contributed by atoms with Gasteiger partial charge in [-0.05, 0) is 12.1 Å². The number of rotatable bonds is 4. The fourth-order valence-electron chi connectivity index (χ4n) is 1.44. The zero-order valence-corrected chi connectivity index (χ0v) is 9.93. The van der Waals surface area contributed by atoms with Crippen molar-refractivity contribution < 1.29 is 14.3 Å². The van der Waals surface area contributed by atoms with Gasteiger partial charge in [0, 0.05) is 0 Å². The Morgan fingerprint density at radius 3 is 2.94 bits per heavy atom. The molecule has 1 aromatic heterocycles. The molecule has 1 aromatic carbocycles. The highest BCUT2D eigenvalue weighted by molar-refractivity contribution is 6.33. The van der Waals surface area contributed by atoms with Gasteiger partial charge in [0.1, 0.15) is 12.1 Å². The third-order valence-corrected chi connectivity index (χ3v) is 2.59. The summed E-state index contributed by atoms with van der Waals surface area (Å²) < 4.78 is 14.9. The summed E-state index contributed by atoms with van der Waals surface area (Å²) in [5.74, 6) is -1.31. The average Bonchev–Trinajstić information content (AvgIpc) is 2.75.